The number of hydrogen-bond donors (Lipinski definition) is 1. The van der Waals surface area contributed by atoms with Gasteiger partial charge in [0.15, 0.2) is 7.41 Å². The molecule has 0 heterocycles. The quantitative estimate of drug-likeness (QED) is 0.0315. The molecule has 0 fully saturated rings. The topological polar surface area (TPSA) is 12.0 Å². The second-order valence-corrected chi connectivity index (χ2v) is 48.9. The van der Waals surface area contributed by atoms with Crippen LogP contribution in [0.5, 0.6) is 0 Å². The molecule has 0 saturated heterocycles. The van der Waals surface area contributed by atoms with Gasteiger partial charge in [0, 0.05) is 6.42 Å². The van der Waals surface area contributed by atoms with E-state index in [1.807, 2.05) is 0 Å². The maximum absolute atomic E-state index is 5.27. The molecular formula is C70H112NP2Si4+. The van der Waals surface area contributed by atoms with Crippen LogP contribution < -0.4 is 46.8 Å². The van der Waals surface area contributed by atoms with Crippen molar-refractivity contribution < 1.29 is 0 Å². The summed E-state index contributed by atoms with van der Waals surface area (Å²) in [6, 6.07) is 69.4. The Morgan fingerprint density at radius 1 is 0.364 bits per heavy atom. The summed E-state index contributed by atoms with van der Waals surface area (Å²) in [5.74, 6) is 0. The van der Waals surface area contributed by atoms with Crippen LogP contribution in [0.3, 0.4) is 0 Å². The number of fused-ring (bicyclic) bond motifs is 1. The van der Waals surface area contributed by atoms with Gasteiger partial charge >= 0.3 is 0 Å². The summed E-state index contributed by atoms with van der Waals surface area (Å²) < 4.78 is 0. The fourth-order valence-corrected chi connectivity index (χ4v) is 46.8. The van der Waals surface area contributed by atoms with Gasteiger partial charge in [0.2, 0.25) is 0 Å². The Balaban J connectivity index is 1.82. The molecule has 1 unspecified atom stereocenters. The third kappa shape index (κ3) is 14.7. The van der Waals surface area contributed by atoms with Crippen LogP contribution in [-0.4, -0.2) is 38.0 Å². The summed E-state index contributed by atoms with van der Waals surface area (Å²) in [7, 11) is -10.7. The normalized spacial score (nSPS) is 14.6. The average Bonchev–Trinajstić information content (AvgIpc) is 3.45. The number of nitrogens with one attached hydrogen (secondary N) is 1. The molecule has 1 atom stereocenters. The molecule has 5 aromatic carbocycles. The Kier molecular flexibility index (Phi) is 26.0. The predicted octanol–water partition coefficient (Wildman–Crippen LogP) is 18.3. The molecule has 0 aromatic heterocycles. The van der Waals surface area contributed by atoms with Gasteiger partial charge in [-0.1, -0.05) is 350 Å². The minimum Gasteiger partial charge on any atom is -0.154 e. The van der Waals surface area contributed by atoms with Crippen molar-refractivity contribution in [2.75, 3.05) is 0 Å². The van der Waals surface area contributed by atoms with E-state index in [0.717, 1.165) is 12.8 Å². The van der Waals surface area contributed by atoms with E-state index in [1.54, 1.807) is 53.1 Å². The first kappa shape index (κ1) is 64.0. The largest absolute Gasteiger partial charge is 0.154 e. The first-order valence-electron chi connectivity index (χ1n) is 32.5. The molecule has 7 heteroatoms. The van der Waals surface area contributed by atoms with E-state index in [9.17, 15) is 0 Å². The van der Waals surface area contributed by atoms with Crippen molar-refractivity contribution in [3.8, 4) is 0 Å². The Labute approximate surface area is 481 Å². The summed E-state index contributed by atoms with van der Waals surface area (Å²) >= 11 is 0. The molecule has 5 aromatic rings. The van der Waals surface area contributed by atoms with Gasteiger partial charge in [-0.2, -0.15) is 4.86 Å². The van der Waals surface area contributed by atoms with E-state index in [-0.39, 0.29) is 0 Å². The van der Waals surface area contributed by atoms with Crippen molar-refractivity contribution in [3.63, 3.8) is 0 Å². The van der Waals surface area contributed by atoms with Crippen LogP contribution in [0.15, 0.2) is 121 Å². The smallest absolute Gasteiger partial charge is 0.153 e. The van der Waals surface area contributed by atoms with Crippen molar-refractivity contribution in [1.29, 1.82) is 0 Å². The zero-order valence-corrected chi connectivity index (χ0v) is 57.4. The fourth-order valence-electron chi connectivity index (χ4n) is 16.2. The van der Waals surface area contributed by atoms with Gasteiger partial charge in [-0.25, -0.2) is 0 Å². The van der Waals surface area contributed by atoms with Crippen molar-refractivity contribution in [3.05, 3.63) is 132 Å². The Bertz CT molecular complexity index is 2310. The van der Waals surface area contributed by atoms with Gasteiger partial charge in [0.05, 0.1) is 46.0 Å². The van der Waals surface area contributed by atoms with E-state index in [1.165, 1.54) is 156 Å². The summed E-state index contributed by atoms with van der Waals surface area (Å²) in [4.78, 5) is 5.27. The Morgan fingerprint density at radius 3 is 0.987 bits per heavy atom. The van der Waals surface area contributed by atoms with E-state index >= 15 is 0 Å². The maximum atomic E-state index is 5.27. The summed E-state index contributed by atoms with van der Waals surface area (Å²) in [6.07, 6.45) is 18.9. The van der Waals surface area contributed by atoms with Crippen LogP contribution >= 0.6 is 15.5 Å². The molecule has 1 aliphatic rings. The van der Waals surface area contributed by atoms with Crippen LogP contribution in [0.4, 0.5) is 0 Å². The van der Waals surface area contributed by atoms with Gasteiger partial charge in [-0.3, -0.25) is 0 Å². The lowest BCUT2D eigenvalue weighted by Crippen LogP contribution is -2.52. The van der Waals surface area contributed by atoms with Gasteiger partial charge in [-0.05, 0) is 58.8 Å². The molecule has 1 aliphatic carbocycles. The summed E-state index contributed by atoms with van der Waals surface area (Å²) in [6.45, 7) is 29.7. The molecule has 1 nitrogen and oxygen atoms in total. The van der Waals surface area contributed by atoms with Gasteiger partial charge in [-0.15, -0.1) is 0 Å². The highest BCUT2D eigenvalue weighted by molar-refractivity contribution is 7.96. The van der Waals surface area contributed by atoms with Crippen molar-refractivity contribution >= 4 is 89.7 Å². The molecule has 0 aliphatic heterocycles. The highest BCUT2D eigenvalue weighted by Crippen LogP contribution is 2.64. The van der Waals surface area contributed by atoms with E-state index in [0.29, 0.717) is 5.66 Å². The second kappa shape index (κ2) is 31.3. The van der Waals surface area contributed by atoms with E-state index in [2.05, 4.69) is 204 Å². The van der Waals surface area contributed by atoms with E-state index < -0.39 is 47.8 Å². The zero-order chi connectivity index (χ0) is 55.4. The van der Waals surface area contributed by atoms with Gasteiger partial charge < -0.3 is 0 Å². The molecule has 6 rings (SSSR count). The fraction of sp³-hybridized carbons (Fsp3) is 0.571. The molecule has 77 heavy (non-hydrogen) atoms. The molecule has 0 amide bonds. The predicted molar refractivity (Wildman–Crippen MR) is 366 cm³/mol. The molecule has 422 valence electrons. The standard InChI is InChI=1S/C70H112NP2Si4/c1-13-43-74(44-14-2,45-15-3)67-37-27-33-62(56-67)72(63-34-28-38-68(57-63)75(46-16-4,47-17-5)48-18-6)71-73(66-42-41-60-31-25-26-32-61(60)55-66,64-35-29-39-69(58-64)76(49-19-7,50-20-8)51-21-9)65-36-30-40-70(59-65)77(52-22-10,53-23-11)54-24-12/h25-40,56-59,66,71H,13-24,41-55H2,1-12H3/q+1. The molecule has 0 saturated carbocycles. The molecule has 1 N–H and O–H groups in total. The van der Waals surface area contributed by atoms with Crippen LogP contribution in [0, 0.1) is 0 Å². The number of benzene rings is 5. The molecule has 0 radical (unpaired) electrons. The highest BCUT2D eigenvalue weighted by Gasteiger charge is 2.55. The maximum Gasteiger partial charge on any atom is 0.153 e. The lowest BCUT2D eigenvalue weighted by Gasteiger charge is -2.41. The number of hydrogen-bond acceptors (Lipinski definition) is 1. The average molecular weight is 1140 g/mol. The molecule has 0 bridgehead atoms. The SMILES string of the molecule is CCC[Si](CCC)(CCC)c1cccc(P(N[P+](c2cccc([Si](CCC)(CCC)CCC)c2)(c2cccc([Si](CCC)(CCC)CCC)c2)C2CCc3ccccc3C2)c2cccc([Si](CCC)(CCC)CCC)c2)c1. The van der Waals surface area contributed by atoms with Gasteiger partial charge in [0.1, 0.15) is 10.6 Å². The van der Waals surface area contributed by atoms with Crippen LogP contribution in [-0.2, 0) is 12.8 Å². The monoisotopic (exact) mass is 1140 g/mol. The van der Waals surface area contributed by atoms with Crippen LogP contribution in [0.25, 0.3) is 0 Å². The van der Waals surface area contributed by atoms with Crippen molar-refractivity contribution in [2.24, 2.45) is 0 Å². The third-order valence-corrected chi connectivity index (χ3v) is 50.0. The Hall–Kier alpha value is -2.21. The number of rotatable bonds is 35. The zero-order valence-electron chi connectivity index (χ0n) is 51.6. The highest BCUT2D eigenvalue weighted by atomic mass is 31.2. The Morgan fingerprint density at radius 2 is 0.662 bits per heavy atom. The first-order chi connectivity index (χ1) is 37.5. The minimum absolute atomic E-state index is 0.473. The molecule has 0 spiro atoms. The summed E-state index contributed by atoms with van der Waals surface area (Å²) in [5.41, 5.74) is 3.65. The summed E-state index contributed by atoms with van der Waals surface area (Å²) in [5, 5.41) is 13.4. The minimum atomic E-state index is -2.47. The van der Waals surface area contributed by atoms with Crippen LogP contribution in [0.2, 0.25) is 72.5 Å². The second-order valence-electron chi connectivity index (χ2n) is 24.6. The lowest BCUT2D eigenvalue weighted by molar-refractivity contribution is 0.690. The van der Waals surface area contributed by atoms with E-state index in [4.69, 9.17) is 4.86 Å². The van der Waals surface area contributed by atoms with Crippen molar-refractivity contribution in [1.82, 2.24) is 4.86 Å². The number of aryl methyl sites for hydroxylation is 1. The van der Waals surface area contributed by atoms with Crippen molar-refractivity contribution in [2.45, 2.75) is 258 Å². The van der Waals surface area contributed by atoms with Crippen LogP contribution in [0.1, 0.15) is 178 Å². The lowest BCUT2D eigenvalue weighted by atomic mass is 9.91. The first-order valence-corrected chi connectivity index (χ1v) is 46.1. The third-order valence-electron chi connectivity index (χ3n) is 19.0. The molecular weight excluding hydrogens is 1030 g/mol. The van der Waals surface area contributed by atoms with Gasteiger partial charge in [0.25, 0.3) is 0 Å².